The first kappa shape index (κ1) is 10.5. The van der Waals surface area contributed by atoms with Gasteiger partial charge in [-0.1, -0.05) is 6.08 Å². The van der Waals surface area contributed by atoms with Crippen LogP contribution in [0.3, 0.4) is 0 Å². The highest BCUT2D eigenvalue weighted by atomic mass is 127. The largest absolute Gasteiger partial charge is 0.280 e. The van der Waals surface area contributed by atoms with E-state index in [4.69, 9.17) is 0 Å². The molecular formula is C10H10IN3O. The van der Waals surface area contributed by atoms with E-state index in [2.05, 4.69) is 39.1 Å². The van der Waals surface area contributed by atoms with E-state index in [0.29, 0.717) is 18.9 Å². The summed E-state index contributed by atoms with van der Waals surface area (Å²) in [5.74, 6) is 0.784. The van der Waals surface area contributed by atoms with Crippen LogP contribution in [0.2, 0.25) is 0 Å². The molecule has 4 nitrogen and oxygen atoms in total. The van der Waals surface area contributed by atoms with Gasteiger partial charge in [0.15, 0.2) is 0 Å². The summed E-state index contributed by atoms with van der Waals surface area (Å²) in [6, 6.07) is 0. The third-order valence-electron chi connectivity index (χ3n) is 2.34. The third-order valence-corrected chi connectivity index (χ3v) is 2.89. The maximum atomic E-state index is 11.6. The van der Waals surface area contributed by atoms with Crippen molar-refractivity contribution >= 4 is 34.4 Å². The van der Waals surface area contributed by atoms with Crippen molar-refractivity contribution < 1.29 is 4.79 Å². The van der Waals surface area contributed by atoms with Crippen molar-refractivity contribution in [2.24, 2.45) is 5.92 Å². The van der Waals surface area contributed by atoms with E-state index < -0.39 is 0 Å². The van der Waals surface area contributed by atoms with Crippen LogP contribution in [0, 0.1) is 9.49 Å². The second-order valence-corrected chi connectivity index (χ2v) is 4.65. The molecule has 1 fully saturated rings. The number of carbonyl (C=O) groups is 1. The predicted octanol–water partition coefficient (Wildman–Crippen LogP) is 1.62. The van der Waals surface area contributed by atoms with Gasteiger partial charge in [0.25, 0.3) is 0 Å². The Bertz CT molecular complexity index is 390. The first-order chi connectivity index (χ1) is 7.20. The smallest absolute Gasteiger partial charge is 0.232 e. The number of nitrogens with zero attached hydrogens (tertiary/aromatic N) is 3. The summed E-state index contributed by atoms with van der Waals surface area (Å²) in [7, 11) is 0. The van der Waals surface area contributed by atoms with Gasteiger partial charge in [0.1, 0.15) is 0 Å². The molecule has 1 atom stereocenters. The van der Waals surface area contributed by atoms with Gasteiger partial charge in [0, 0.05) is 34.8 Å². The van der Waals surface area contributed by atoms with Crippen molar-refractivity contribution in [3.8, 4) is 0 Å². The Balaban J connectivity index is 2.21. The van der Waals surface area contributed by atoms with E-state index in [1.807, 2.05) is 6.08 Å². The lowest BCUT2D eigenvalue weighted by atomic mass is 10.1. The molecule has 0 spiro atoms. The molecule has 1 amide bonds. The quantitative estimate of drug-likeness (QED) is 0.615. The van der Waals surface area contributed by atoms with Crippen LogP contribution in [0.1, 0.15) is 6.42 Å². The molecule has 2 heterocycles. The van der Waals surface area contributed by atoms with E-state index >= 15 is 0 Å². The molecule has 1 aliphatic heterocycles. The van der Waals surface area contributed by atoms with E-state index in [9.17, 15) is 4.79 Å². The molecule has 0 aliphatic carbocycles. The molecule has 1 saturated heterocycles. The number of rotatable bonds is 2. The number of hydrogen-bond acceptors (Lipinski definition) is 3. The van der Waals surface area contributed by atoms with Crippen LogP contribution >= 0.6 is 22.6 Å². The highest BCUT2D eigenvalue weighted by molar-refractivity contribution is 14.1. The summed E-state index contributed by atoms with van der Waals surface area (Å²) in [6.07, 6.45) is 5.73. The molecule has 0 N–H and O–H groups in total. The Morgan fingerprint density at radius 2 is 2.20 bits per heavy atom. The van der Waals surface area contributed by atoms with E-state index in [1.165, 1.54) is 0 Å². The van der Waals surface area contributed by atoms with Crippen LogP contribution in [-0.2, 0) is 4.79 Å². The topological polar surface area (TPSA) is 46.1 Å². The summed E-state index contributed by atoms with van der Waals surface area (Å²) < 4.78 is 0.961. The minimum Gasteiger partial charge on any atom is -0.280 e. The predicted molar refractivity (Wildman–Crippen MR) is 65.4 cm³/mol. The van der Waals surface area contributed by atoms with E-state index in [1.54, 1.807) is 17.3 Å². The minimum absolute atomic E-state index is 0.0705. The number of anilines is 1. The van der Waals surface area contributed by atoms with Gasteiger partial charge in [-0.05, 0) is 22.6 Å². The van der Waals surface area contributed by atoms with Crippen molar-refractivity contribution in [3.05, 3.63) is 28.6 Å². The summed E-state index contributed by atoms with van der Waals surface area (Å²) in [4.78, 5) is 21.5. The lowest BCUT2D eigenvalue weighted by Crippen LogP contribution is -2.26. The zero-order chi connectivity index (χ0) is 10.8. The standard InChI is InChI=1S/C10H10IN3O/c1-2-7-3-9(15)14(6-7)10-12-4-8(11)5-13-10/h2,4-5,7H,1,3,6H2. The first-order valence-electron chi connectivity index (χ1n) is 4.61. The highest BCUT2D eigenvalue weighted by Gasteiger charge is 2.30. The maximum absolute atomic E-state index is 11.6. The molecule has 0 bridgehead atoms. The Labute approximate surface area is 102 Å². The number of carbonyl (C=O) groups excluding carboxylic acids is 1. The lowest BCUT2D eigenvalue weighted by molar-refractivity contribution is -0.117. The summed E-state index contributed by atoms with van der Waals surface area (Å²) in [5, 5.41) is 0. The van der Waals surface area contributed by atoms with Crippen LogP contribution in [0.25, 0.3) is 0 Å². The van der Waals surface area contributed by atoms with Gasteiger partial charge in [0.05, 0.1) is 0 Å². The molecule has 0 radical (unpaired) electrons. The van der Waals surface area contributed by atoms with Crippen LogP contribution in [0.15, 0.2) is 25.0 Å². The summed E-state index contributed by atoms with van der Waals surface area (Å²) in [6.45, 7) is 4.34. The van der Waals surface area contributed by atoms with Gasteiger partial charge >= 0.3 is 0 Å². The molecule has 1 unspecified atom stereocenters. The fourth-order valence-corrected chi connectivity index (χ4v) is 1.81. The van der Waals surface area contributed by atoms with Gasteiger partial charge in [-0.2, -0.15) is 0 Å². The second kappa shape index (κ2) is 4.26. The van der Waals surface area contributed by atoms with Gasteiger partial charge in [0.2, 0.25) is 11.9 Å². The molecule has 1 aromatic rings. The number of halogens is 1. The molecule has 0 aromatic carbocycles. The molecule has 1 aliphatic rings. The average Bonchev–Trinajstić information content (AvgIpc) is 2.61. The van der Waals surface area contributed by atoms with Crippen LogP contribution < -0.4 is 4.90 Å². The molecular weight excluding hydrogens is 305 g/mol. The van der Waals surface area contributed by atoms with Crippen molar-refractivity contribution in [2.75, 3.05) is 11.4 Å². The van der Waals surface area contributed by atoms with E-state index in [0.717, 1.165) is 3.57 Å². The minimum atomic E-state index is 0.0705. The Morgan fingerprint density at radius 1 is 1.53 bits per heavy atom. The van der Waals surface area contributed by atoms with E-state index in [-0.39, 0.29) is 11.8 Å². The fraction of sp³-hybridized carbons (Fsp3) is 0.300. The van der Waals surface area contributed by atoms with Crippen LogP contribution in [0.4, 0.5) is 5.95 Å². The maximum Gasteiger partial charge on any atom is 0.232 e. The monoisotopic (exact) mass is 315 g/mol. The van der Waals surface area contributed by atoms with Gasteiger partial charge in [-0.15, -0.1) is 6.58 Å². The van der Waals surface area contributed by atoms with Gasteiger partial charge in [-0.3, -0.25) is 9.69 Å². The molecule has 2 rings (SSSR count). The lowest BCUT2D eigenvalue weighted by Gasteiger charge is -2.12. The van der Waals surface area contributed by atoms with Crippen LogP contribution in [0.5, 0.6) is 0 Å². The molecule has 78 valence electrons. The van der Waals surface area contributed by atoms with Crippen molar-refractivity contribution in [1.29, 1.82) is 0 Å². The summed E-state index contributed by atoms with van der Waals surface area (Å²) in [5.41, 5.74) is 0. The molecule has 1 aromatic heterocycles. The second-order valence-electron chi connectivity index (χ2n) is 3.41. The molecule has 5 heteroatoms. The average molecular weight is 315 g/mol. The number of hydrogen-bond donors (Lipinski definition) is 0. The van der Waals surface area contributed by atoms with Crippen molar-refractivity contribution in [1.82, 2.24) is 9.97 Å². The zero-order valence-electron chi connectivity index (χ0n) is 8.06. The van der Waals surface area contributed by atoms with Crippen molar-refractivity contribution in [2.45, 2.75) is 6.42 Å². The highest BCUT2D eigenvalue weighted by Crippen LogP contribution is 2.22. The first-order valence-corrected chi connectivity index (χ1v) is 5.69. The SMILES string of the molecule is C=CC1CC(=O)N(c2ncc(I)cn2)C1. The number of aromatic nitrogens is 2. The summed E-state index contributed by atoms with van der Waals surface area (Å²) >= 11 is 2.13. The van der Waals surface area contributed by atoms with Gasteiger partial charge < -0.3 is 0 Å². The number of amides is 1. The fourth-order valence-electron chi connectivity index (χ4n) is 1.53. The molecule has 0 saturated carbocycles. The third kappa shape index (κ3) is 2.17. The zero-order valence-corrected chi connectivity index (χ0v) is 10.2. The molecule has 15 heavy (non-hydrogen) atoms. The van der Waals surface area contributed by atoms with Crippen molar-refractivity contribution in [3.63, 3.8) is 0 Å². The van der Waals surface area contributed by atoms with Crippen LogP contribution in [-0.4, -0.2) is 22.4 Å². The Morgan fingerprint density at radius 3 is 2.73 bits per heavy atom. The Hall–Kier alpha value is -0.980. The van der Waals surface area contributed by atoms with Gasteiger partial charge in [-0.25, -0.2) is 9.97 Å². The normalized spacial score (nSPS) is 20.7. The Kier molecular flexibility index (Phi) is 2.99.